The fraction of sp³-hybridized carbons (Fsp3) is 0.556. The van der Waals surface area contributed by atoms with Gasteiger partial charge in [-0.1, -0.05) is 0 Å². The number of carbonyl (C=O) groups excluding carboxylic acids is 1. The summed E-state index contributed by atoms with van der Waals surface area (Å²) in [4.78, 5) is 22.6. The van der Waals surface area contributed by atoms with Crippen LogP contribution in [-0.2, 0) is 11.2 Å². The molecule has 0 aromatic carbocycles. The van der Waals surface area contributed by atoms with Crippen LogP contribution in [0.5, 0.6) is 0 Å². The Morgan fingerprint density at radius 1 is 1.43 bits per heavy atom. The zero-order chi connectivity index (χ0) is 19.1. The highest BCUT2D eigenvalue weighted by atomic mass is 127. The lowest BCUT2D eigenvalue weighted by Crippen LogP contribution is -2.46. The number of likely N-dealkylation sites (tertiary alicyclic amines) is 1. The van der Waals surface area contributed by atoms with Gasteiger partial charge in [0.15, 0.2) is 11.7 Å². The molecule has 1 aliphatic rings. The molecule has 0 aliphatic carbocycles. The standard InChI is InChI=1S/C18H27N7O2.HI/c1-19-16(26)12-13-6-9-25(10-7-13)18(20-2)21-8-5-15-22-17(24-23-15)14-4-3-11-27-14;/h3-4,11,13H,5-10,12H2,1-2H3,(H,19,26)(H,20,21)(H,22,23,24);1H. The van der Waals surface area contributed by atoms with E-state index in [2.05, 4.69) is 35.7 Å². The van der Waals surface area contributed by atoms with Crippen LogP contribution in [0.1, 0.15) is 25.1 Å². The van der Waals surface area contributed by atoms with Crippen molar-refractivity contribution in [2.45, 2.75) is 25.7 Å². The Bertz CT molecular complexity index is 752. The number of furan rings is 1. The van der Waals surface area contributed by atoms with Crippen molar-refractivity contribution in [2.24, 2.45) is 10.9 Å². The van der Waals surface area contributed by atoms with Gasteiger partial charge in [0.25, 0.3) is 0 Å². The Balaban J connectivity index is 0.00000280. The molecule has 0 atom stereocenters. The van der Waals surface area contributed by atoms with Crippen LogP contribution >= 0.6 is 24.0 Å². The second-order valence-corrected chi connectivity index (χ2v) is 6.61. The summed E-state index contributed by atoms with van der Waals surface area (Å²) in [5.74, 6) is 3.48. The third-order valence-corrected chi connectivity index (χ3v) is 4.80. The average Bonchev–Trinajstić information content (AvgIpc) is 3.37. The molecule has 28 heavy (non-hydrogen) atoms. The lowest BCUT2D eigenvalue weighted by atomic mass is 9.93. The lowest BCUT2D eigenvalue weighted by molar-refractivity contribution is -0.121. The number of aromatic amines is 1. The smallest absolute Gasteiger partial charge is 0.220 e. The van der Waals surface area contributed by atoms with Gasteiger partial charge in [-0.2, -0.15) is 5.10 Å². The summed E-state index contributed by atoms with van der Waals surface area (Å²) in [7, 11) is 3.48. The molecule has 2 aromatic rings. The molecule has 3 heterocycles. The van der Waals surface area contributed by atoms with E-state index in [9.17, 15) is 4.79 Å². The minimum atomic E-state index is 0. The van der Waals surface area contributed by atoms with E-state index in [4.69, 9.17) is 4.42 Å². The maximum atomic E-state index is 11.5. The maximum absolute atomic E-state index is 11.5. The summed E-state index contributed by atoms with van der Waals surface area (Å²) < 4.78 is 5.30. The minimum absolute atomic E-state index is 0. The number of aliphatic imine (C=N–C) groups is 1. The Kier molecular flexibility index (Phi) is 8.74. The predicted octanol–water partition coefficient (Wildman–Crippen LogP) is 1.65. The van der Waals surface area contributed by atoms with Crippen molar-refractivity contribution in [1.82, 2.24) is 30.7 Å². The topological polar surface area (TPSA) is 111 Å². The van der Waals surface area contributed by atoms with Crippen molar-refractivity contribution in [2.75, 3.05) is 33.7 Å². The fourth-order valence-corrected chi connectivity index (χ4v) is 3.26. The van der Waals surface area contributed by atoms with Gasteiger partial charge in [-0.15, -0.1) is 24.0 Å². The van der Waals surface area contributed by atoms with Crippen LogP contribution < -0.4 is 10.6 Å². The molecule has 1 amide bonds. The molecule has 3 rings (SSSR count). The summed E-state index contributed by atoms with van der Waals surface area (Å²) in [6, 6.07) is 3.65. The van der Waals surface area contributed by atoms with Gasteiger partial charge in [-0.3, -0.25) is 14.9 Å². The molecule has 0 unspecified atom stereocenters. The highest BCUT2D eigenvalue weighted by Gasteiger charge is 2.23. The Hall–Kier alpha value is -2.11. The minimum Gasteiger partial charge on any atom is -0.461 e. The summed E-state index contributed by atoms with van der Waals surface area (Å²) in [5.41, 5.74) is 0. The Labute approximate surface area is 181 Å². The van der Waals surface area contributed by atoms with Crippen molar-refractivity contribution in [1.29, 1.82) is 0 Å². The monoisotopic (exact) mass is 501 g/mol. The molecule has 0 radical (unpaired) electrons. The van der Waals surface area contributed by atoms with Gasteiger partial charge in [0, 0.05) is 46.6 Å². The van der Waals surface area contributed by atoms with Crippen LogP contribution in [-0.4, -0.2) is 65.7 Å². The van der Waals surface area contributed by atoms with Crippen molar-refractivity contribution in [3.05, 3.63) is 24.2 Å². The molecule has 0 bridgehead atoms. The summed E-state index contributed by atoms with van der Waals surface area (Å²) in [6.45, 7) is 2.52. The summed E-state index contributed by atoms with van der Waals surface area (Å²) in [5, 5.41) is 13.2. The van der Waals surface area contributed by atoms with E-state index in [0.29, 0.717) is 36.9 Å². The van der Waals surface area contributed by atoms with E-state index in [0.717, 1.165) is 37.7 Å². The van der Waals surface area contributed by atoms with Crippen molar-refractivity contribution in [3.63, 3.8) is 0 Å². The van der Waals surface area contributed by atoms with Gasteiger partial charge in [0.1, 0.15) is 5.82 Å². The van der Waals surface area contributed by atoms with Crippen LogP contribution in [0.25, 0.3) is 11.6 Å². The maximum Gasteiger partial charge on any atom is 0.220 e. The van der Waals surface area contributed by atoms with Gasteiger partial charge in [0.05, 0.1) is 6.26 Å². The van der Waals surface area contributed by atoms with E-state index >= 15 is 0 Å². The number of rotatable bonds is 6. The number of H-pyrrole nitrogens is 1. The third-order valence-electron chi connectivity index (χ3n) is 4.80. The largest absolute Gasteiger partial charge is 0.461 e. The van der Waals surface area contributed by atoms with E-state index in [1.807, 2.05) is 12.1 Å². The van der Waals surface area contributed by atoms with Crippen LogP contribution in [0, 0.1) is 5.92 Å². The molecule has 1 saturated heterocycles. The van der Waals surface area contributed by atoms with Gasteiger partial charge in [-0.25, -0.2) is 4.98 Å². The first-order chi connectivity index (χ1) is 13.2. The number of hydrogen-bond donors (Lipinski definition) is 3. The predicted molar refractivity (Wildman–Crippen MR) is 118 cm³/mol. The number of nitrogens with one attached hydrogen (secondary N) is 3. The molecule has 3 N–H and O–H groups in total. The lowest BCUT2D eigenvalue weighted by Gasteiger charge is -2.34. The first-order valence-corrected chi connectivity index (χ1v) is 9.31. The Morgan fingerprint density at radius 2 is 2.21 bits per heavy atom. The first kappa shape index (κ1) is 22.2. The van der Waals surface area contributed by atoms with Gasteiger partial charge in [0.2, 0.25) is 11.7 Å². The van der Waals surface area contributed by atoms with Crippen molar-refractivity contribution in [3.8, 4) is 11.6 Å². The van der Waals surface area contributed by atoms with E-state index in [1.165, 1.54) is 0 Å². The molecule has 2 aromatic heterocycles. The number of hydrogen-bond acceptors (Lipinski definition) is 5. The molecule has 1 aliphatic heterocycles. The number of nitrogens with zero attached hydrogens (tertiary/aromatic N) is 4. The molecule has 1 fully saturated rings. The number of aromatic nitrogens is 3. The Morgan fingerprint density at radius 3 is 2.86 bits per heavy atom. The average molecular weight is 501 g/mol. The summed E-state index contributed by atoms with van der Waals surface area (Å²) in [6.07, 6.45) is 4.93. The second kappa shape index (κ2) is 11.0. The number of carbonyl (C=O) groups is 1. The molecule has 154 valence electrons. The van der Waals surface area contributed by atoms with Gasteiger partial charge >= 0.3 is 0 Å². The second-order valence-electron chi connectivity index (χ2n) is 6.61. The molecule has 0 spiro atoms. The van der Waals surface area contributed by atoms with Crippen LogP contribution in [0.3, 0.4) is 0 Å². The molecular weight excluding hydrogens is 473 g/mol. The van der Waals surface area contributed by atoms with Crippen molar-refractivity contribution < 1.29 is 9.21 Å². The third kappa shape index (κ3) is 5.94. The summed E-state index contributed by atoms with van der Waals surface area (Å²) >= 11 is 0. The quantitative estimate of drug-likeness (QED) is 0.316. The van der Waals surface area contributed by atoms with E-state index in [-0.39, 0.29) is 29.9 Å². The number of piperidine rings is 1. The SMILES string of the molecule is CN=C(NCCc1nc(-c2ccco2)n[nH]1)N1CCC(CC(=O)NC)CC1.I. The molecule has 9 nitrogen and oxygen atoms in total. The van der Waals surface area contributed by atoms with Crippen LogP contribution in [0.15, 0.2) is 27.8 Å². The number of halogens is 1. The first-order valence-electron chi connectivity index (χ1n) is 9.31. The highest BCUT2D eigenvalue weighted by molar-refractivity contribution is 14.0. The van der Waals surface area contributed by atoms with Crippen LogP contribution in [0.2, 0.25) is 0 Å². The normalized spacial score (nSPS) is 15.2. The number of guanidine groups is 1. The van der Waals surface area contributed by atoms with Gasteiger partial charge in [-0.05, 0) is 30.9 Å². The number of amides is 1. The van der Waals surface area contributed by atoms with E-state index < -0.39 is 0 Å². The fourth-order valence-electron chi connectivity index (χ4n) is 3.26. The molecule has 10 heteroatoms. The zero-order valence-electron chi connectivity index (χ0n) is 16.3. The molecule has 0 saturated carbocycles. The van der Waals surface area contributed by atoms with Crippen LogP contribution in [0.4, 0.5) is 0 Å². The van der Waals surface area contributed by atoms with E-state index in [1.54, 1.807) is 20.4 Å². The van der Waals surface area contributed by atoms with Crippen molar-refractivity contribution >= 4 is 35.8 Å². The highest BCUT2D eigenvalue weighted by Crippen LogP contribution is 2.20. The van der Waals surface area contributed by atoms with Gasteiger partial charge < -0.3 is 20.0 Å². The molecular formula is C18H28IN7O2. The zero-order valence-corrected chi connectivity index (χ0v) is 18.6.